The Morgan fingerprint density at radius 1 is 1.21 bits per heavy atom. The van der Waals surface area contributed by atoms with Gasteiger partial charge in [0.15, 0.2) is 0 Å². The van der Waals surface area contributed by atoms with Gasteiger partial charge in [-0.25, -0.2) is 4.79 Å². The Morgan fingerprint density at radius 3 is 2.71 bits per heavy atom. The lowest BCUT2D eigenvalue weighted by molar-refractivity contribution is 0.0527. The Bertz CT molecular complexity index is 766. The SMILES string of the molecule is CCOC(=O)c1c(NC(=O)c2ccc(Cl)s2)sc2c1CCCCC2. The van der Waals surface area contributed by atoms with E-state index in [4.69, 9.17) is 16.3 Å². The summed E-state index contributed by atoms with van der Waals surface area (Å²) in [6.07, 6.45) is 5.15. The van der Waals surface area contributed by atoms with Gasteiger partial charge >= 0.3 is 5.97 Å². The molecule has 4 nitrogen and oxygen atoms in total. The molecule has 2 aromatic heterocycles. The molecule has 0 fully saturated rings. The molecule has 2 aromatic rings. The second-order valence-electron chi connectivity index (χ2n) is 5.55. The van der Waals surface area contributed by atoms with E-state index in [0.717, 1.165) is 31.2 Å². The first-order valence-electron chi connectivity index (χ1n) is 7.98. The summed E-state index contributed by atoms with van der Waals surface area (Å²) in [5, 5.41) is 3.48. The molecule has 24 heavy (non-hydrogen) atoms. The summed E-state index contributed by atoms with van der Waals surface area (Å²) in [6.45, 7) is 2.10. The standard InChI is InChI=1S/C17H18ClNO3S2/c1-2-22-17(21)14-10-6-4-3-5-7-11(10)24-16(14)19-15(20)12-8-9-13(18)23-12/h8-9H,2-7H2,1H3,(H,19,20). The number of hydrogen-bond acceptors (Lipinski definition) is 5. The number of thiophene rings is 2. The highest BCUT2D eigenvalue weighted by atomic mass is 35.5. The normalized spacial score (nSPS) is 13.9. The minimum absolute atomic E-state index is 0.242. The van der Waals surface area contributed by atoms with Gasteiger partial charge in [-0.3, -0.25) is 4.79 Å². The Morgan fingerprint density at radius 2 is 2.00 bits per heavy atom. The van der Waals surface area contributed by atoms with E-state index in [9.17, 15) is 9.59 Å². The van der Waals surface area contributed by atoms with Gasteiger partial charge in [-0.2, -0.15) is 0 Å². The van der Waals surface area contributed by atoms with Crippen molar-refractivity contribution < 1.29 is 14.3 Å². The van der Waals surface area contributed by atoms with Crippen molar-refractivity contribution in [3.8, 4) is 0 Å². The van der Waals surface area contributed by atoms with Crippen molar-refractivity contribution in [1.29, 1.82) is 0 Å². The van der Waals surface area contributed by atoms with Crippen molar-refractivity contribution in [2.75, 3.05) is 11.9 Å². The molecule has 0 bridgehead atoms. The number of esters is 1. The van der Waals surface area contributed by atoms with Crippen LogP contribution < -0.4 is 5.32 Å². The predicted molar refractivity (Wildman–Crippen MR) is 98.8 cm³/mol. The number of hydrogen-bond donors (Lipinski definition) is 1. The van der Waals surface area contributed by atoms with Gasteiger partial charge in [-0.1, -0.05) is 18.0 Å². The summed E-state index contributed by atoms with van der Waals surface area (Å²) in [6, 6.07) is 3.38. The van der Waals surface area contributed by atoms with Crippen LogP contribution >= 0.6 is 34.3 Å². The molecule has 0 saturated carbocycles. The van der Waals surface area contributed by atoms with E-state index < -0.39 is 0 Å². The molecule has 0 aromatic carbocycles. The number of carbonyl (C=O) groups is 2. The summed E-state index contributed by atoms with van der Waals surface area (Å²) < 4.78 is 5.79. The van der Waals surface area contributed by atoms with Crippen LogP contribution in [0.3, 0.4) is 0 Å². The highest BCUT2D eigenvalue weighted by Crippen LogP contribution is 2.38. The third-order valence-electron chi connectivity index (χ3n) is 3.92. The zero-order chi connectivity index (χ0) is 17.1. The summed E-state index contributed by atoms with van der Waals surface area (Å²) in [5.41, 5.74) is 1.59. The van der Waals surface area contributed by atoms with E-state index in [1.54, 1.807) is 19.1 Å². The number of halogens is 1. The highest BCUT2D eigenvalue weighted by molar-refractivity contribution is 7.18. The second kappa shape index (κ2) is 7.68. The minimum Gasteiger partial charge on any atom is -0.462 e. The van der Waals surface area contributed by atoms with Crippen LogP contribution in [0.4, 0.5) is 5.00 Å². The van der Waals surface area contributed by atoms with Gasteiger partial charge in [0.05, 0.1) is 21.4 Å². The Kier molecular flexibility index (Phi) is 5.58. The van der Waals surface area contributed by atoms with Gasteiger partial charge in [-0.05, 0) is 50.3 Å². The van der Waals surface area contributed by atoms with Crippen molar-refractivity contribution in [2.45, 2.75) is 39.0 Å². The molecule has 1 amide bonds. The summed E-state index contributed by atoms with van der Waals surface area (Å²) >= 11 is 8.62. The lowest BCUT2D eigenvalue weighted by atomic mass is 10.1. The van der Waals surface area contributed by atoms with E-state index in [1.807, 2.05) is 0 Å². The molecule has 0 spiro atoms. The average molecular weight is 384 g/mol. The van der Waals surface area contributed by atoms with Gasteiger partial charge in [0.1, 0.15) is 5.00 Å². The molecule has 0 unspecified atom stereocenters. The molecule has 1 aliphatic carbocycles. The van der Waals surface area contributed by atoms with Crippen LogP contribution in [0.1, 0.15) is 56.7 Å². The molecule has 3 rings (SSSR count). The third kappa shape index (κ3) is 3.66. The summed E-state index contributed by atoms with van der Waals surface area (Å²) in [7, 11) is 0. The highest BCUT2D eigenvalue weighted by Gasteiger charge is 2.27. The molecule has 7 heteroatoms. The molecule has 1 N–H and O–H groups in total. The van der Waals surface area contributed by atoms with Crippen molar-refractivity contribution in [3.63, 3.8) is 0 Å². The molecule has 1 aliphatic rings. The zero-order valence-electron chi connectivity index (χ0n) is 13.3. The summed E-state index contributed by atoms with van der Waals surface area (Å²) in [5.74, 6) is -0.592. The lowest BCUT2D eigenvalue weighted by Gasteiger charge is -2.08. The minimum atomic E-state index is -0.351. The quantitative estimate of drug-likeness (QED) is 0.586. The van der Waals surface area contributed by atoms with Gasteiger partial charge < -0.3 is 10.1 Å². The van der Waals surface area contributed by atoms with E-state index >= 15 is 0 Å². The van der Waals surface area contributed by atoms with Crippen molar-refractivity contribution in [3.05, 3.63) is 37.4 Å². The molecular formula is C17H18ClNO3S2. The lowest BCUT2D eigenvalue weighted by Crippen LogP contribution is -2.14. The topological polar surface area (TPSA) is 55.4 Å². The first-order valence-corrected chi connectivity index (χ1v) is 9.99. The van der Waals surface area contributed by atoms with Crippen LogP contribution in [0, 0.1) is 0 Å². The van der Waals surface area contributed by atoms with Crippen molar-refractivity contribution >= 4 is 51.2 Å². The molecular weight excluding hydrogens is 366 g/mol. The van der Waals surface area contributed by atoms with Crippen molar-refractivity contribution in [2.24, 2.45) is 0 Å². The molecule has 0 radical (unpaired) electrons. The van der Waals surface area contributed by atoms with Crippen LogP contribution in [0.2, 0.25) is 4.34 Å². The Balaban J connectivity index is 1.94. The Hall–Kier alpha value is -1.37. The smallest absolute Gasteiger partial charge is 0.341 e. The van der Waals surface area contributed by atoms with Crippen LogP contribution in [0.25, 0.3) is 0 Å². The van der Waals surface area contributed by atoms with Crippen LogP contribution in [-0.4, -0.2) is 18.5 Å². The fourth-order valence-corrected chi connectivity index (χ4v) is 5.06. The maximum absolute atomic E-state index is 12.4. The molecule has 128 valence electrons. The number of nitrogens with one attached hydrogen (secondary N) is 1. The Labute approximate surface area is 153 Å². The van der Waals surface area contributed by atoms with Gasteiger partial charge in [0.25, 0.3) is 5.91 Å². The van der Waals surface area contributed by atoms with E-state index in [-0.39, 0.29) is 11.9 Å². The number of aryl methyl sites for hydroxylation is 1. The number of ether oxygens (including phenoxy) is 1. The maximum atomic E-state index is 12.4. The predicted octanol–water partition coefficient (Wildman–Crippen LogP) is 5.16. The largest absolute Gasteiger partial charge is 0.462 e. The van der Waals surface area contributed by atoms with Crippen LogP contribution in [0.5, 0.6) is 0 Å². The fraction of sp³-hybridized carbons (Fsp3) is 0.412. The molecule has 0 atom stereocenters. The molecule has 2 heterocycles. The average Bonchev–Trinajstić information content (AvgIpc) is 3.04. The van der Waals surface area contributed by atoms with Gasteiger partial charge in [-0.15, -0.1) is 22.7 Å². The van der Waals surface area contributed by atoms with E-state index in [0.29, 0.717) is 26.4 Å². The van der Waals surface area contributed by atoms with Crippen LogP contribution in [-0.2, 0) is 17.6 Å². The third-order valence-corrected chi connectivity index (χ3v) is 6.36. The fourth-order valence-electron chi connectivity index (χ4n) is 2.85. The molecule has 0 saturated heterocycles. The number of anilines is 1. The maximum Gasteiger partial charge on any atom is 0.341 e. The van der Waals surface area contributed by atoms with E-state index in [1.165, 1.54) is 34.0 Å². The monoisotopic (exact) mass is 383 g/mol. The number of amides is 1. The summed E-state index contributed by atoms with van der Waals surface area (Å²) in [4.78, 5) is 26.6. The van der Waals surface area contributed by atoms with Gasteiger partial charge in [0, 0.05) is 4.88 Å². The second-order valence-corrected chi connectivity index (χ2v) is 8.37. The number of rotatable bonds is 4. The van der Waals surface area contributed by atoms with Gasteiger partial charge in [0.2, 0.25) is 0 Å². The zero-order valence-corrected chi connectivity index (χ0v) is 15.7. The van der Waals surface area contributed by atoms with Crippen LogP contribution in [0.15, 0.2) is 12.1 Å². The first kappa shape index (κ1) is 17.5. The number of fused-ring (bicyclic) bond motifs is 1. The van der Waals surface area contributed by atoms with E-state index in [2.05, 4.69) is 5.32 Å². The van der Waals surface area contributed by atoms with Crippen molar-refractivity contribution in [1.82, 2.24) is 0 Å². The first-order chi connectivity index (χ1) is 11.6. The molecule has 0 aliphatic heterocycles. The number of carbonyl (C=O) groups excluding carboxylic acids is 2.